The average molecular weight is 187 g/mol. The van der Waals surface area contributed by atoms with E-state index >= 15 is 0 Å². The molecule has 0 aliphatic carbocycles. The van der Waals surface area contributed by atoms with Crippen LogP contribution in [0.15, 0.2) is 0 Å². The fourth-order valence-electron chi connectivity index (χ4n) is 1.62. The van der Waals surface area contributed by atoms with Gasteiger partial charge in [-0.2, -0.15) is 0 Å². The van der Waals surface area contributed by atoms with Gasteiger partial charge in [-0.1, -0.05) is 48.0 Å². The Morgan fingerprint density at radius 1 is 1.23 bits per heavy atom. The summed E-state index contributed by atoms with van der Waals surface area (Å²) in [4.78, 5) is 0. The third-order valence-corrected chi connectivity index (χ3v) is 3.64. The largest absolute Gasteiger partial charge is 0.317 e. The van der Waals surface area contributed by atoms with Gasteiger partial charge in [0.05, 0.1) is 0 Å². The minimum atomic E-state index is 0.129. The average Bonchev–Trinajstić information content (AvgIpc) is 2.04. The zero-order chi connectivity index (χ0) is 10.6. The van der Waals surface area contributed by atoms with Crippen LogP contribution < -0.4 is 5.48 Å². The van der Waals surface area contributed by atoms with Crippen LogP contribution in [-0.4, -0.2) is 11.2 Å². The Morgan fingerprint density at radius 2 is 1.69 bits per heavy atom. The Morgan fingerprint density at radius 3 is 1.92 bits per heavy atom. The molecule has 0 bridgehead atoms. The molecule has 0 aromatic rings. The van der Waals surface area contributed by atoms with Crippen LogP contribution in [0.4, 0.5) is 0 Å². The Kier molecular flexibility index (Phi) is 4.93. The first kappa shape index (κ1) is 12.9. The van der Waals surface area contributed by atoms with Crippen LogP contribution in [0.5, 0.6) is 0 Å². The molecule has 2 N–H and O–H groups in total. The minimum Gasteiger partial charge on any atom is -0.317 e. The Balaban J connectivity index is 4.55. The van der Waals surface area contributed by atoms with E-state index in [4.69, 9.17) is 5.21 Å². The van der Waals surface area contributed by atoms with Gasteiger partial charge >= 0.3 is 0 Å². The molecule has 0 radical (unpaired) electrons. The van der Waals surface area contributed by atoms with Crippen molar-refractivity contribution >= 4 is 0 Å². The van der Waals surface area contributed by atoms with Crippen molar-refractivity contribution in [1.29, 1.82) is 0 Å². The summed E-state index contributed by atoms with van der Waals surface area (Å²) in [5, 5.41) is 9.16. The van der Waals surface area contributed by atoms with E-state index in [-0.39, 0.29) is 11.5 Å². The molecule has 13 heavy (non-hydrogen) atoms. The molecule has 0 aliphatic heterocycles. The first-order chi connectivity index (χ1) is 5.87. The quantitative estimate of drug-likeness (QED) is 0.648. The van der Waals surface area contributed by atoms with Gasteiger partial charge in [-0.3, -0.25) is 0 Å². The van der Waals surface area contributed by atoms with Crippen molar-refractivity contribution in [1.82, 2.24) is 5.48 Å². The molecule has 0 fully saturated rings. The van der Waals surface area contributed by atoms with E-state index < -0.39 is 0 Å². The van der Waals surface area contributed by atoms with Gasteiger partial charge in [0.25, 0.3) is 0 Å². The van der Waals surface area contributed by atoms with E-state index in [1.165, 1.54) is 0 Å². The van der Waals surface area contributed by atoms with Crippen molar-refractivity contribution in [2.24, 2.45) is 17.3 Å². The van der Waals surface area contributed by atoms with E-state index in [1.807, 2.05) is 0 Å². The highest BCUT2D eigenvalue weighted by atomic mass is 16.5. The van der Waals surface area contributed by atoms with Crippen LogP contribution in [-0.2, 0) is 0 Å². The van der Waals surface area contributed by atoms with E-state index in [2.05, 4.69) is 47.0 Å². The smallest absolute Gasteiger partial charge is 0.0398 e. The van der Waals surface area contributed by atoms with Gasteiger partial charge in [-0.25, -0.2) is 5.48 Å². The minimum absolute atomic E-state index is 0.129. The second-order valence-electron chi connectivity index (χ2n) is 4.97. The molecule has 2 atom stereocenters. The summed E-state index contributed by atoms with van der Waals surface area (Å²) in [6.45, 7) is 13.2. The standard InChI is InChI=1S/C11H25NO/c1-7-9(4)10(12-13)11(5,6)8(2)3/h8-10,12-13H,7H2,1-6H3. The van der Waals surface area contributed by atoms with Crippen LogP contribution in [0, 0.1) is 17.3 Å². The lowest BCUT2D eigenvalue weighted by atomic mass is 9.70. The molecule has 2 unspecified atom stereocenters. The molecule has 2 heteroatoms. The molecule has 0 aromatic carbocycles. The summed E-state index contributed by atoms with van der Waals surface area (Å²) >= 11 is 0. The second-order valence-corrected chi connectivity index (χ2v) is 4.97. The Bertz CT molecular complexity index is 143. The second kappa shape index (κ2) is 4.97. The van der Waals surface area contributed by atoms with Crippen LogP contribution in [0.3, 0.4) is 0 Å². The summed E-state index contributed by atoms with van der Waals surface area (Å²) < 4.78 is 0. The highest BCUT2D eigenvalue weighted by molar-refractivity contribution is 4.87. The molecular formula is C11H25NO. The molecule has 2 nitrogen and oxygen atoms in total. The molecule has 0 saturated carbocycles. The van der Waals surface area contributed by atoms with Gasteiger partial charge < -0.3 is 5.21 Å². The summed E-state index contributed by atoms with van der Waals surface area (Å²) in [6.07, 6.45) is 1.09. The monoisotopic (exact) mass is 187 g/mol. The number of hydrogen-bond acceptors (Lipinski definition) is 2. The lowest BCUT2D eigenvalue weighted by molar-refractivity contribution is 0.0122. The third kappa shape index (κ3) is 2.96. The Hall–Kier alpha value is -0.0800. The maximum absolute atomic E-state index is 9.16. The summed E-state index contributed by atoms with van der Waals surface area (Å²) in [5.41, 5.74) is 2.60. The third-order valence-electron chi connectivity index (χ3n) is 3.64. The molecule has 0 heterocycles. The van der Waals surface area contributed by atoms with Crippen LogP contribution in [0.1, 0.15) is 48.0 Å². The molecule has 0 rings (SSSR count). The van der Waals surface area contributed by atoms with E-state index in [9.17, 15) is 0 Å². The summed E-state index contributed by atoms with van der Waals surface area (Å²) in [6, 6.07) is 0.178. The fraction of sp³-hybridized carbons (Fsp3) is 1.00. The molecular weight excluding hydrogens is 162 g/mol. The van der Waals surface area contributed by atoms with Crippen LogP contribution in [0.25, 0.3) is 0 Å². The van der Waals surface area contributed by atoms with Crippen LogP contribution in [0.2, 0.25) is 0 Å². The van der Waals surface area contributed by atoms with Gasteiger partial charge in [0.2, 0.25) is 0 Å². The van der Waals surface area contributed by atoms with Gasteiger partial charge in [-0.15, -0.1) is 0 Å². The van der Waals surface area contributed by atoms with E-state index in [0.29, 0.717) is 11.8 Å². The maximum Gasteiger partial charge on any atom is 0.0398 e. The molecule has 0 saturated heterocycles. The lowest BCUT2D eigenvalue weighted by Crippen LogP contribution is -2.47. The first-order valence-corrected chi connectivity index (χ1v) is 5.27. The highest BCUT2D eigenvalue weighted by Crippen LogP contribution is 2.34. The van der Waals surface area contributed by atoms with Crippen molar-refractivity contribution in [2.75, 3.05) is 0 Å². The summed E-state index contributed by atoms with van der Waals surface area (Å²) in [5.74, 6) is 1.06. The van der Waals surface area contributed by atoms with Gasteiger partial charge in [0.1, 0.15) is 0 Å². The van der Waals surface area contributed by atoms with Crippen molar-refractivity contribution in [3.63, 3.8) is 0 Å². The van der Waals surface area contributed by atoms with Gasteiger partial charge in [-0.05, 0) is 17.3 Å². The first-order valence-electron chi connectivity index (χ1n) is 5.27. The van der Waals surface area contributed by atoms with Crippen molar-refractivity contribution in [3.8, 4) is 0 Å². The Labute approximate surface area is 82.7 Å². The van der Waals surface area contributed by atoms with Gasteiger partial charge in [0.15, 0.2) is 0 Å². The van der Waals surface area contributed by atoms with Crippen molar-refractivity contribution in [2.45, 2.75) is 54.0 Å². The zero-order valence-corrected chi connectivity index (χ0v) is 9.89. The summed E-state index contributed by atoms with van der Waals surface area (Å²) in [7, 11) is 0. The molecule has 80 valence electrons. The maximum atomic E-state index is 9.16. The molecule has 0 aromatic heterocycles. The van der Waals surface area contributed by atoms with E-state index in [1.54, 1.807) is 0 Å². The number of rotatable bonds is 5. The SMILES string of the molecule is CCC(C)C(NO)C(C)(C)C(C)C. The predicted octanol–water partition coefficient (Wildman–Crippen LogP) is 3.06. The zero-order valence-electron chi connectivity index (χ0n) is 9.89. The normalized spacial score (nSPS) is 17.5. The number of hydroxylamine groups is 1. The molecule has 0 aliphatic rings. The van der Waals surface area contributed by atoms with Gasteiger partial charge in [0, 0.05) is 6.04 Å². The predicted molar refractivity (Wildman–Crippen MR) is 56.8 cm³/mol. The highest BCUT2D eigenvalue weighted by Gasteiger charge is 2.35. The number of hydrogen-bond donors (Lipinski definition) is 2. The van der Waals surface area contributed by atoms with Crippen molar-refractivity contribution < 1.29 is 5.21 Å². The van der Waals surface area contributed by atoms with E-state index in [0.717, 1.165) is 6.42 Å². The molecule has 0 spiro atoms. The fourth-order valence-corrected chi connectivity index (χ4v) is 1.62. The van der Waals surface area contributed by atoms with Crippen molar-refractivity contribution in [3.05, 3.63) is 0 Å². The molecule has 0 amide bonds. The van der Waals surface area contributed by atoms with Crippen LogP contribution >= 0.6 is 0 Å². The lowest BCUT2D eigenvalue weighted by Gasteiger charge is -2.40. The topological polar surface area (TPSA) is 32.3 Å². The number of nitrogens with one attached hydrogen (secondary N) is 1.